The molecule has 1 aromatic rings. The Balaban J connectivity index is 1.86. The second kappa shape index (κ2) is 4.18. The highest BCUT2D eigenvalue weighted by molar-refractivity contribution is 7.99. The summed E-state index contributed by atoms with van der Waals surface area (Å²) in [5.41, 5.74) is 0.0218. The van der Waals surface area contributed by atoms with Crippen LogP contribution in [-0.4, -0.2) is 27.0 Å². The minimum Gasteiger partial charge on any atom is -0.481 e. The normalized spacial score (nSPS) is 17.3. The maximum absolute atomic E-state index is 10.6. The molecule has 2 rings (SSSR count). The number of carboxylic acids is 1. The number of hydrogen-bond donors (Lipinski definition) is 1. The molecule has 1 aromatic heterocycles. The van der Waals surface area contributed by atoms with Crippen molar-refractivity contribution < 1.29 is 9.90 Å². The van der Waals surface area contributed by atoms with E-state index in [2.05, 4.69) is 10.2 Å². The third-order valence-corrected chi connectivity index (χ3v) is 3.83. The van der Waals surface area contributed by atoms with Crippen LogP contribution in [0.3, 0.4) is 0 Å². The molecule has 1 heterocycles. The molecule has 0 aliphatic heterocycles. The first kappa shape index (κ1) is 10.4. The van der Waals surface area contributed by atoms with Gasteiger partial charge in [-0.3, -0.25) is 4.79 Å². The van der Waals surface area contributed by atoms with Crippen molar-refractivity contribution in [1.82, 2.24) is 10.2 Å². The number of aromatic nitrogens is 2. The van der Waals surface area contributed by atoms with Gasteiger partial charge in [-0.1, -0.05) is 0 Å². The Morgan fingerprint density at radius 3 is 2.93 bits per heavy atom. The summed E-state index contributed by atoms with van der Waals surface area (Å²) >= 11 is 1.59. The Kier molecular flexibility index (Phi) is 2.90. The van der Waals surface area contributed by atoms with Gasteiger partial charge in [-0.05, 0) is 30.4 Å². The number of thioether (sulfide) groups is 1. The van der Waals surface area contributed by atoms with Crippen molar-refractivity contribution in [3.63, 3.8) is 0 Å². The molecule has 15 heavy (non-hydrogen) atoms. The van der Waals surface area contributed by atoms with Crippen LogP contribution in [0.4, 0.5) is 0 Å². The molecule has 0 spiro atoms. The van der Waals surface area contributed by atoms with Gasteiger partial charge in [-0.25, -0.2) is 0 Å². The molecule has 0 bridgehead atoms. The van der Waals surface area contributed by atoms with Crippen LogP contribution in [0.2, 0.25) is 0 Å². The zero-order valence-electron chi connectivity index (χ0n) is 8.22. The van der Waals surface area contributed by atoms with Crippen LogP contribution in [0.15, 0.2) is 23.4 Å². The Morgan fingerprint density at radius 2 is 2.40 bits per heavy atom. The van der Waals surface area contributed by atoms with E-state index in [1.807, 2.05) is 12.1 Å². The second-order valence-corrected chi connectivity index (χ2v) is 4.92. The smallest absolute Gasteiger partial charge is 0.303 e. The van der Waals surface area contributed by atoms with Gasteiger partial charge in [-0.15, -0.1) is 16.9 Å². The molecular formula is C10H12N2O2S. The van der Waals surface area contributed by atoms with Gasteiger partial charge in [0.05, 0.1) is 6.42 Å². The lowest BCUT2D eigenvalue weighted by atomic mass is 10.1. The van der Waals surface area contributed by atoms with E-state index in [0.29, 0.717) is 0 Å². The molecule has 1 aliphatic rings. The SMILES string of the molecule is O=C(O)CC1(CSc2cccnn2)CC1. The summed E-state index contributed by atoms with van der Waals surface area (Å²) in [4.78, 5) is 10.6. The van der Waals surface area contributed by atoms with Crippen LogP contribution in [0, 0.1) is 5.41 Å². The van der Waals surface area contributed by atoms with E-state index in [1.54, 1.807) is 18.0 Å². The van der Waals surface area contributed by atoms with Crippen LogP contribution in [0.5, 0.6) is 0 Å². The first-order valence-electron chi connectivity index (χ1n) is 4.83. The van der Waals surface area contributed by atoms with E-state index in [9.17, 15) is 4.79 Å². The van der Waals surface area contributed by atoms with Gasteiger partial charge in [-0.2, -0.15) is 5.10 Å². The molecule has 1 aliphatic carbocycles. The fraction of sp³-hybridized carbons (Fsp3) is 0.500. The van der Waals surface area contributed by atoms with Gasteiger partial charge in [0.25, 0.3) is 0 Å². The number of carbonyl (C=O) groups is 1. The van der Waals surface area contributed by atoms with E-state index < -0.39 is 5.97 Å². The predicted molar refractivity (Wildman–Crippen MR) is 56.7 cm³/mol. The molecule has 1 N–H and O–H groups in total. The lowest BCUT2D eigenvalue weighted by Crippen LogP contribution is -2.11. The number of nitrogens with zero attached hydrogens (tertiary/aromatic N) is 2. The molecule has 1 fully saturated rings. The molecule has 0 saturated heterocycles. The summed E-state index contributed by atoms with van der Waals surface area (Å²) in [6, 6.07) is 3.74. The summed E-state index contributed by atoms with van der Waals surface area (Å²) in [6.07, 6.45) is 3.95. The summed E-state index contributed by atoms with van der Waals surface area (Å²) in [7, 11) is 0. The van der Waals surface area contributed by atoms with Crippen LogP contribution in [-0.2, 0) is 4.79 Å². The molecule has 5 heteroatoms. The molecule has 4 nitrogen and oxygen atoms in total. The van der Waals surface area contributed by atoms with Crippen molar-refractivity contribution in [2.45, 2.75) is 24.3 Å². The van der Waals surface area contributed by atoms with Gasteiger partial charge in [0.15, 0.2) is 0 Å². The second-order valence-electron chi connectivity index (χ2n) is 3.92. The Bertz CT molecular complexity index is 352. The largest absolute Gasteiger partial charge is 0.481 e. The highest BCUT2D eigenvalue weighted by atomic mass is 32.2. The lowest BCUT2D eigenvalue weighted by molar-refractivity contribution is -0.138. The zero-order chi connectivity index (χ0) is 10.7. The van der Waals surface area contributed by atoms with Crippen LogP contribution in [0.1, 0.15) is 19.3 Å². The van der Waals surface area contributed by atoms with E-state index in [4.69, 9.17) is 5.11 Å². The van der Waals surface area contributed by atoms with Crippen molar-refractivity contribution >= 4 is 17.7 Å². The van der Waals surface area contributed by atoms with Crippen molar-refractivity contribution in [3.8, 4) is 0 Å². The topological polar surface area (TPSA) is 63.1 Å². The summed E-state index contributed by atoms with van der Waals surface area (Å²) in [5, 5.41) is 17.4. The van der Waals surface area contributed by atoms with Crippen molar-refractivity contribution in [2.24, 2.45) is 5.41 Å². The fourth-order valence-electron chi connectivity index (χ4n) is 1.46. The van der Waals surface area contributed by atoms with Crippen LogP contribution >= 0.6 is 11.8 Å². The molecule has 0 amide bonds. The third-order valence-electron chi connectivity index (χ3n) is 2.56. The number of aliphatic carboxylic acids is 1. The van der Waals surface area contributed by atoms with E-state index in [0.717, 1.165) is 23.6 Å². The molecule has 0 radical (unpaired) electrons. The Hall–Kier alpha value is -1.10. The molecule has 80 valence electrons. The van der Waals surface area contributed by atoms with Crippen LogP contribution in [0.25, 0.3) is 0 Å². The molecule has 0 aromatic carbocycles. The first-order chi connectivity index (χ1) is 7.20. The Labute approximate surface area is 92.1 Å². The minimum absolute atomic E-state index is 0.0218. The summed E-state index contributed by atoms with van der Waals surface area (Å²) in [5.74, 6) is 0.130. The monoisotopic (exact) mass is 224 g/mol. The van der Waals surface area contributed by atoms with E-state index in [1.165, 1.54) is 0 Å². The van der Waals surface area contributed by atoms with Crippen molar-refractivity contribution in [1.29, 1.82) is 0 Å². The van der Waals surface area contributed by atoms with Gasteiger partial charge in [0, 0.05) is 11.9 Å². The summed E-state index contributed by atoms with van der Waals surface area (Å²) in [6.45, 7) is 0. The molecular weight excluding hydrogens is 212 g/mol. The van der Waals surface area contributed by atoms with Gasteiger partial charge in [0.1, 0.15) is 5.03 Å². The summed E-state index contributed by atoms with van der Waals surface area (Å²) < 4.78 is 0. The van der Waals surface area contributed by atoms with Crippen molar-refractivity contribution in [3.05, 3.63) is 18.3 Å². The van der Waals surface area contributed by atoms with E-state index >= 15 is 0 Å². The maximum atomic E-state index is 10.6. The van der Waals surface area contributed by atoms with E-state index in [-0.39, 0.29) is 11.8 Å². The van der Waals surface area contributed by atoms with Gasteiger partial charge in [0.2, 0.25) is 0 Å². The number of rotatable bonds is 5. The third kappa shape index (κ3) is 2.92. The molecule has 0 atom stereocenters. The highest BCUT2D eigenvalue weighted by Crippen LogP contribution is 2.51. The first-order valence-corrected chi connectivity index (χ1v) is 5.81. The predicted octanol–water partition coefficient (Wildman–Crippen LogP) is 1.82. The average molecular weight is 224 g/mol. The number of hydrogen-bond acceptors (Lipinski definition) is 4. The van der Waals surface area contributed by atoms with Crippen molar-refractivity contribution in [2.75, 3.05) is 5.75 Å². The standard InChI is InChI=1S/C10H12N2O2S/c13-9(14)6-10(3-4-10)7-15-8-2-1-5-11-12-8/h1-2,5H,3-4,6-7H2,(H,13,14). The van der Waals surface area contributed by atoms with Gasteiger partial charge < -0.3 is 5.11 Å². The average Bonchev–Trinajstić information content (AvgIpc) is 2.96. The van der Waals surface area contributed by atoms with Gasteiger partial charge >= 0.3 is 5.97 Å². The molecule has 0 unspecified atom stereocenters. The minimum atomic E-state index is -0.702. The van der Waals surface area contributed by atoms with Crippen LogP contribution < -0.4 is 0 Å². The molecule has 1 saturated carbocycles. The lowest BCUT2D eigenvalue weighted by Gasteiger charge is -2.10. The maximum Gasteiger partial charge on any atom is 0.303 e. The Morgan fingerprint density at radius 1 is 1.60 bits per heavy atom. The zero-order valence-corrected chi connectivity index (χ0v) is 9.04. The fourth-order valence-corrected chi connectivity index (χ4v) is 2.59. The quantitative estimate of drug-likeness (QED) is 0.773. The highest BCUT2D eigenvalue weighted by Gasteiger charge is 2.44. The number of carboxylic acid groups (broad SMARTS) is 1.